The van der Waals surface area contributed by atoms with Gasteiger partial charge in [-0.3, -0.25) is 10.1 Å². The largest absolute Gasteiger partial charge is 0.493 e. The second-order valence-corrected chi connectivity index (χ2v) is 8.56. The van der Waals surface area contributed by atoms with E-state index < -0.39 is 0 Å². The van der Waals surface area contributed by atoms with Crippen molar-refractivity contribution in [2.24, 2.45) is 0 Å². The fraction of sp³-hybridized carbons (Fsp3) is 0.217. The molecule has 1 aliphatic rings. The van der Waals surface area contributed by atoms with E-state index in [0.29, 0.717) is 22.8 Å². The van der Waals surface area contributed by atoms with Crippen LogP contribution in [0.2, 0.25) is 0 Å². The van der Waals surface area contributed by atoms with Gasteiger partial charge in [0.15, 0.2) is 22.1 Å². The van der Waals surface area contributed by atoms with Gasteiger partial charge >= 0.3 is 0 Å². The Kier molecular flexibility index (Phi) is 6.29. The number of ether oxygens (including phenoxy) is 3. The number of carbonyl (C=O) groups is 1. The zero-order valence-electron chi connectivity index (χ0n) is 18.1. The molecular weight excluding hydrogens is 446 g/mol. The van der Waals surface area contributed by atoms with Crippen LogP contribution >= 0.6 is 24.0 Å². The molecule has 2 N–H and O–H groups in total. The van der Waals surface area contributed by atoms with Gasteiger partial charge in [-0.1, -0.05) is 42.1 Å². The summed E-state index contributed by atoms with van der Waals surface area (Å²) in [7, 11) is 6.50. The zero-order valence-corrected chi connectivity index (χ0v) is 19.7. The highest BCUT2D eigenvalue weighted by atomic mass is 32.2. The third-order valence-electron chi connectivity index (χ3n) is 5.23. The van der Waals surface area contributed by atoms with Crippen molar-refractivity contribution in [3.05, 3.63) is 54.1 Å². The van der Waals surface area contributed by atoms with E-state index in [1.165, 1.54) is 37.0 Å². The van der Waals surface area contributed by atoms with Gasteiger partial charge in [-0.15, -0.1) is 0 Å². The molecule has 166 valence electrons. The van der Waals surface area contributed by atoms with Crippen LogP contribution in [0.5, 0.6) is 17.2 Å². The third kappa shape index (κ3) is 4.01. The number of thiocarbonyl (C=S) groups is 1. The Bertz CT molecular complexity index is 1180. The second-order valence-electron chi connectivity index (χ2n) is 7.06. The van der Waals surface area contributed by atoms with Gasteiger partial charge in [0.25, 0.3) is 5.91 Å². The van der Waals surface area contributed by atoms with Gasteiger partial charge in [0.1, 0.15) is 0 Å². The first-order valence-corrected chi connectivity index (χ1v) is 11.1. The Morgan fingerprint density at radius 2 is 1.72 bits per heavy atom. The van der Waals surface area contributed by atoms with Gasteiger partial charge in [-0.25, -0.2) is 0 Å². The van der Waals surface area contributed by atoms with Crippen molar-refractivity contribution in [1.29, 1.82) is 0 Å². The van der Waals surface area contributed by atoms with E-state index in [-0.39, 0.29) is 16.5 Å². The average molecular weight is 470 g/mol. The van der Waals surface area contributed by atoms with Crippen LogP contribution < -0.4 is 29.7 Å². The van der Waals surface area contributed by atoms with Crippen molar-refractivity contribution in [3.8, 4) is 17.2 Å². The minimum absolute atomic E-state index is 0.149. The molecule has 32 heavy (non-hydrogen) atoms. The molecule has 1 unspecified atom stereocenters. The minimum atomic E-state index is -0.379. The van der Waals surface area contributed by atoms with Gasteiger partial charge in [0, 0.05) is 17.5 Å². The summed E-state index contributed by atoms with van der Waals surface area (Å²) in [4.78, 5) is 16.1. The van der Waals surface area contributed by atoms with Gasteiger partial charge in [-0.05, 0) is 41.2 Å². The Labute approximate surface area is 196 Å². The van der Waals surface area contributed by atoms with E-state index in [4.69, 9.17) is 26.4 Å². The highest BCUT2D eigenvalue weighted by Gasteiger charge is 2.29. The Hall–Kier alpha value is -3.17. The summed E-state index contributed by atoms with van der Waals surface area (Å²) in [5.74, 6) is 0.824. The fourth-order valence-electron chi connectivity index (χ4n) is 3.61. The third-order valence-corrected chi connectivity index (χ3v) is 6.77. The molecule has 7 nitrogen and oxygen atoms in total. The quantitative estimate of drug-likeness (QED) is 0.544. The number of methoxy groups -OCH3 is 3. The van der Waals surface area contributed by atoms with Gasteiger partial charge < -0.3 is 24.4 Å². The number of rotatable bonds is 5. The smallest absolute Gasteiger partial charge is 0.257 e. The minimum Gasteiger partial charge on any atom is -0.493 e. The SMILES string of the molecule is COc1cc(C(=O)NC(=S)NC2Sc3c(ccc4ccccc34)N2C)cc(OC)c1OC. The molecule has 0 radical (unpaired) electrons. The first-order valence-electron chi connectivity index (χ1n) is 9.80. The van der Waals surface area contributed by atoms with E-state index in [1.807, 2.05) is 19.2 Å². The van der Waals surface area contributed by atoms with Crippen LogP contribution in [0.1, 0.15) is 10.4 Å². The summed E-state index contributed by atoms with van der Waals surface area (Å²) in [5, 5.41) is 8.57. The molecule has 0 aliphatic carbocycles. The van der Waals surface area contributed by atoms with Crippen LogP contribution in [0, 0.1) is 0 Å². The van der Waals surface area contributed by atoms with Crippen molar-refractivity contribution in [3.63, 3.8) is 0 Å². The number of amides is 1. The maximum Gasteiger partial charge on any atom is 0.257 e. The number of nitrogens with one attached hydrogen (secondary N) is 2. The molecule has 0 bridgehead atoms. The van der Waals surface area contributed by atoms with E-state index >= 15 is 0 Å². The molecule has 1 aliphatic heterocycles. The number of fused-ring (bicyclic) bond motifs is 3. The first kappa shape index (κ1) is 22.0. The molecule has 1 heterocycles. The normalized spacial score (nSPS) is 14.6. The first-order chi connectivity index (χ1) is 15.5. The van der Waals surface area contributed by atoms with Crippen molar-refractivity contribution in [2.75, 3.05) is 33.3 Å². The van der Waals surface area contributed by atoms with Crippen LogP contribution in [0.25, 0.3) is 10.8 Å². The van der Waals surface area contributed by atoms with E-state index in [9.17, 15) is 4.79 Å². The molecule has 0 spiro atoms. The molecule has 0 saturated heterocycles. The van der Waals surface area contributed by atoms with Crippen LogP contribution in [0.4, 0.5) is 5.69 Å². The molecule has 3 aromatic carbocycles. The number of carbonyl (C=O) groups excluding carboxylic acids is 1. The fourth-order valence-corrected chi connectivity index (χ4v) is 5.21. The number of benzene rings is 3. The lowest BCUT2D eigenvalue weighted by molar-refractivity contribution is 0.0976. The molecule has 4 rings (SSSR count). The van der Waals surface area contributed by atoms with Gasteiger partial charge in [0.2, 0.25) is 5.75 Å². The maximum absolute atomic E-state index is 12.8. The molecule has 9 heteroatoms. The van der Waals surface area contributed by atoms with Crippen molar-refractivity contribution < 1.29 is 19.0 Å². The van der Waals surface area contributed by atoms with E-state index in [1.54, 1.807) is 23.9 Å². The highest BCUT2D eigenvalue weighted by molar-refractivity contribution is 8.00. The van der Waals surface area contributed by atoms with Crippen LogP contribution in [0.3, 0.4) is 0 Å². The highest BCUT2D eigenvalue weighted by Crippen LogP contribution is 2.45. The molecular formula is C23H23N3O4S2. The van der Waals surface area contributed by atoms with Crippen molar-refractivity contribution in [2.45, 2.75) is 10.4 Å². The lowest BCUT2D eigenvalue weighted by Crippen LogP contribution is -2.48. The van der Waals surface area contributed by atoms with Gasteiger partial charge in [-0.2, -0.15) is 0 Å². The Balaban J connectivity index is 1.48. The summed E-state index contributed by atoms with van der Waals surface area (Å²) in [6, 6.07) is 15.6. The van der Waals surface area contributed by atoms with E-state index in [2.05, 4.69) is 39.8 Å². The van der Waals surface area contributed by atoms with Gasteiger partial charge in [0.05, 0.1) is 27.0 Å². The Morgan fingerprint density at radius 3 is 2.38 bits per heavy atom. The maximum atomic E-state index is 12.8. The Morgan fingerprint density at radius 1 is 1.03 bits per heavy atom. The number of thioether (sulfide) groups is 1. The number of anilines is 1. The van der Waals surface area contributed by atoms with Crippen LogP contribution in [0.15, 0.2) is 53.4 Å². The van der Waals surface area contributed by atoms with Crippen LogP contribution in [-0.2, 0) is 0 Å². The predicted octanol–water partition coefficient (Wildman–Crippen LogP) is 4.00. The second kappa shape index (κ2) is 9.13. The molecule has 1 atom stereocenters. The number of hydrogen-bond donors (Lipinski definition) is 2. The standard InChI is InChI=1S/C23H23N3O4S2/c1-26-16-10-9-13-7-5-6-8-15(13)20(16)32-23(26)25-22(31)24-21(27)14-11-17(28-2)19(30-4)18(12-14)29-3/h5-12,23H,1-4H3,(H2,24,25,27,31). The number of nitrogens with zero attached hydrogens (tertiary/aromatic N) is 1. The zero-order chi connectivity index (χ0) is 22.8. The number of hydrogen-bond acceptors (Lipinski definition) is 7. The van der Waals surface area contributed by atoms with Crippen molar-refractivity contribution in [1.82, 2.24) is 10.6 Å². The monoisotopic (exact) mass is 469 g/mol. The van der Waals surface area contributed by atoms with Crippen LogP contribution in [-0.4, -0.2) is 44.9 Å². The molecule has 0 fully saturated rings. The summed E-state index contributed by atoms with van der Waals surface area (Å²) in [5.41, 5.74) is 1.30. The molecule has 3 aromatic rings. The van der Waals surface area contributed by atoms with Crippen molar-refractivity contribution >= 4 is 51.5 Å². The summed E-state index contributed by atoms with van der Waals surface area (Å²) in [6.07, 6.45) is 0. The predicted molar refractivity (Wildman–Crippen MR) is 131 cm³/mol. The lowest BCUT2D eigenvalue weighted by atomic mass is 10.1. The van der Waals surface area contributed by atoms with E-state index in [0.717, 1.165) is 5.69 Å². The molecule has 0 aromatic heterocycles. The summed E-state index contributed by atoms with van der Waals surface area (Å²) in [6.45, 7) is 0. The molecule has 0 saturated carbocycles. The summed E-state index contributed by atoms with van der Waals surface area (Å²) < 4.78 is 16.0. The lowest BCUT2D eigenvalue weighted by Gasteiger charge is -2.23. The topological polar surface area (TPSA) is 72.1 Å². The average Bonchev–Trinajstić information content (AvgIpc) is 3.13. The molecule has 1 amide bonds. The summed E-state index contributed by atoms with van der Waals surface area (Å²) >= 11 is 7.09.